The number of hydrogen-bond donors (Lipinski definition) is 3. The molecule has 1 amide bonds. The molecule has 4 heterocycles. The zero-order chi connectivity index (χ0) is 26.2. The summed E-state index contributed by atoms with van der Waals surface area (Å²) in [5, 5.41) is 22.5. The Morgan fingerprint density at radius 1 is 1.24 bits per heavy atom. The maximum absolute atomic E-state index is 12.5. The summed E-state index contributed by atoms with van der Waals surface area (Å²) >= 11 is 0. The van der Waals surface area contributed by atoms with Gasteiger partial charge < -0.3 is 19.9 Å². The smallest absolute Gasteiger partial charge is 0.223 e. The number of aryl methyl sites for hydroxylation is 1. The maximum atomic E-state index is 12.5. The summed E-state index contributed by atoms with van der Waals surface area (Å²) in [6.45, 7) is 5.14. The first kappa shape index (κ1) is 24.8. The molecular formula is C29H33N5O4. The lowest BCUT2D eigenvalue weighted by Gasteiger charge is -2.35. The number of aliphatic hydroxyl groups is 1. The fourth-order valence-corrected chi connectivity index (χ4v) is 5.54. The third kappa shape index (κ3) is 4.72. The van der Waals surface area contributed by atoms with Crippen LogP contribution in [0.3, 0.4) is 0 Å². The highest BCUT2D eigenvalue weighted by molar-refractivity contribution is 6.06. The van der Waals surface area contributed by atoms with E-state index in [9.17, 15) is 9.90 Å². The van der Waals surface area contributed by atoms with Crippen molar-refractivity contribution < 1.29 is 19.4 Å². The van der Waals surface area contributed by atoms with Crippen molar-refractivity contribution in [1.82, 2.24) is 25.5 Å². The average molecular weight is 516 g/mol. The van der Waals surface area contributed by atoms with Crippen LogP contribution in [0.25, 0.3) is 32.8 Å². The zero-order valence-corrected chi connectivity index (χ0v) is 21.7. The van der Waals surface area contributed by atoms with Gasteiger partial charge in [0.15, 0.2) is 0 Å². The van der Waals surface area contributed by atoms with Crippen LogP contribution in [0.4, 0.5) is 0 Å². The molecule has 6 rings (SSSR count). The van der Waals surface area contributed by atoms with Crippen LogP contribution < -0.4 is 10.1 Å². The van der Waals surface area contributed by atoms with Crippen LogP contribution in [0.15, 0.2) is 36.7 Å². The van der Waals surface area contributed by atoms with Crippen LogP contribution in [-0.4, -0.2) is 63.1 Å². The molecule has 2 fully saturated rings. The molecule has 2 aliphatic rings. The van der Waals surface area contributed by atoms with E-state index in [0.29, 0.717) is 31.9 Å². The molecule has 0 unspecified atom stereocenters. The second kappa shape index (κ2) is 10.3. The van der Waals surface area contributed by atoms with E-state index >= 15 is 0 Å². The highest BCUT2D eigenvalue weighted by Crippen LogP contribution is 2.43. The second-order valence-corrected chi connectivity index (χ2v) is 10.6. The molecule has 38 heavy (non-hydrogen) atoms. The van der Waals surface area contributed by atoms with Crippen LogP contribution in [0.1, 0.15) is 49.9 Å². The van der Waals surface area contributed by atoms with Crippen molar-refractivity contribution in [2.75, 3.05) is 19.8 Å². The van der Waals surface area contributed by atoms with Crippen LogP contribution in [0.5, 0.6) is 5.88 Å². The summed E-state index contributed by atoms with van der Waals surface area (Å²) in [6.07, 6.45) is 6.64. The molecule has 1 saturated heterocycles. The van der Waals surface area contributed by atoms with Gasteiger partial charge in [-0.1, -0.05) is 0 Å². The van der Waals surface area contributed by atoms with Crippen molar-refractivity contribution in [1.29, 1.82) is 0 Å². The van der Waals surface area contributed by atoms with E-state index in [2.05, 4.69) is 44.8 Å². The number of aromatic amines is 1. The number of hydrogen-bond acceptors (Lipinski definition) is 7. The molecule has 1 atom stereocenters. The molecule has 3 N–H and O–H groups in total. The van der Waals surface area contributed by atoms with Crippen LogP contribution >= 0.6 is 0 Å². The van der Waals surface area contributed by atoms with Crippen molar-refractivity contribution >= 4 is 27.6 Å². The summed E-state index contributed by atoms with van der Waals surface area (Å²) in [7, 11) is 0. The Morgan fingerprint density at radius 2 is 2.05 bits per heavy atom. The lowest BCUT2D eigenvalue weighted by molar-refractivity contribution is -0.131. The third-order valence-electron chi connectivity index (χ3n) is 7.76. The molecule has 1 saturated carbocycles. The van der Waals surface area contributed by atoms with E-state index in [1.807, 2.05) is 19.3 Å². The molecule has 0 radical (unpaired) electrons. The van der Waals surface area contributed by atoms with E-state index < -0.39 is 0 Å². The molecule has 3 aromatic heterocycles. The Kier molecular flexibility index (Phi) is 6.71. The predicted octanol–water partition coefficient (Wildman–Crippen LogP) is 4.03. The normalized spacial score (nSPS) is 20.8. The minimum atomic E-state index is -0.253. The van der Waals surface area contributed by atoms with Gasteiger partial charge in [-0.3, -0.25) is 14.9 Å². The summed E-state index contributed by atoms with van der Waals surface area (Å²) in [5.41, 5.74) is 5.09. The molecule has 1 aliphatic heterocycles. The van der Waals surface area contributed by atoms with Gasteiger partial charge in [-0.15, -0.1) is 0 Å². The second-order valence-electron chi connectivity index (χ2n) is 10.6. The van der Waals surface area contributed by atoms with Gasteiger partial charge in [-0.05, 0) is 74.7 Å². The van der Waals surface area contributed by atoms with Crippen LogP contribution in [0, 0.1) is 12.8 Å². The summed E-state index contributed by atoms with van der Waals surface area (Å²) in [6, 6.07) is 8.15. The lowest BCUT2D eigenvalue weighted by atomic mass is 9.81. The number of aromatic nitrogens is 4. The van der Waals surface area contributed by atoms with Gasteiger partial charge in [-0.25, -0.2) is 4.98 Å². The van der Waals surface area contributed by atoms with Gasteiger partial charge in [-0.2, -0.15) is 5.10 Å². The van der Waals surface area contributed by atoms with Gasteiger partial charge in [0, 0.05) is 59.3 Å². The first-order valence-electron chi connectivity index (χ1n) is 13.4. The maximum Gasteiger partial charge on any atom is 0.223 e. The van der Waals surface area contributed by atoms with E-state index in [4.69, 9.17) is 14.5 Å². The van der Waals surface area contributed by atoms with Crippen molar-refractivity contribution in [2.45, 2.75) is 57.6 Å². The number of amides is 1. The Morgan fingerprint density at radius 3 is 2.82 bits per heavy atom. The van der Waals surface area contributed by atoms with Crippen LogP contribution in [0.2, 0.25) is 0 Å². The van der Waals surface area contributed by atoms with Gasteiger partial charge in [0.05, 0.1) is 24.0 Å². The Bertz CT molecular complexity index is 1470. The van der Waals surface area contributed by atoms with E-state index in [1.165, 1.54) is 0 Å². The third-order valence-corrected chi connectivity index (χ3v) is 7.76. The Balaban J connectivity index is 1.43. The summed E-state index contributed by atoms with van der Waals surface area (Å²) in [4.78, 5) is 22.1. The lowest BCUT2D eigenvalue weighted by Crippen LogP contribution is -2.46. The van der Waals surface area contributed by atoms with Crippen molar-refractivity contribution in [3.8, 4) is 17.0 Å². The first-order chi connectivity index (χ1) is 18.5. The number of nitrogens with one attached hydrogen (secondary N) is 2. The molecule has 0 spiro atoms. The quantitative estimate of drug-likeness (QED) is 0.340. The predicted molar refractivity (Wildman–Crippen MR) is 144 cm³/mol. The average Bonchev–Trinajstić information content (AvgIpc) is 3.36. The number of benzene rings is 1. The van der Waals surface area contributed by atoms with Gasteiger partial charge in [0.2, 0.25) is 11.8 Å². The van der Waals surface area contributed by atoms with Gasteiger partial charge >= 0.3 is 0 Å². The fraction of sp³-hybridized carbons (Fsp3) is 0.448. The van der Waals surface area contributed by atoms with Crippen molar-refractivity contribution in [2.24, 2.45) is 5.92 Å². The SMILES string of the molecule is Cc1cc(-c2c(C3CCOCC3)nc(OC3CC(C(=O)N[C@@H](C)CO)C3)c3cc4[nH]ncc4cc23)ccn1. The van der Waals surface area contributed by atoms with Gasteiger partial charge in [0.25, 0.3) is 0 Å². The van der Waals surface area contributed by atoms with Crippen molar-refractivity contribution in [3.05, 3.63) is 48.0 Å². The number of carbonyl (C=O) groups excluding carboxylic acids is 1. The largest absolute Gasteiger partial charge is 0.474 e. The molecule has 0 bridgehead atoms. The summed E-state index contributed by atoms with van der Waals surface area (Å²) < 4.78 is 12.2. The molecule has 9 nitrogen and oxygen atoms in total. The van der Waals surface area contributed by atoms with Crippen molar-refractivity contribution in [3.63, 3.8) is 0 Å². The minimum absolute atomic E-state index is 0.0327. The number of pyridine rings is 2. The molecular weight excluding hydrogens is 482 g/mol. The topological polar surface area (TPSA) is 122 Å². The number of ether oxygens (including phenoxy) is 2. The van der Waals surface area contributed by atoms with E-state index in [-0.39, 0.29) is 36.5 Å². The first-order valence-corrected chi connectivity index (χ1v) is 13.4. The molecule has 4 aromatic rings. The highest BCUT2D eigenvalue weighted by Gasteiger charge is 2.37. The van der Waals surface area contributed by atoms with Gasteiger partial charge in [0.1, 0.15) is 6.10 Å². The fourth-order valence-electron chi connectivity index (χ4n) is 5.54. The minimum Gasteiger partial charge on any atom is -0.474 e. The monoisotopic (exact) mass is 515 g/mol. The number of H-pyrrole nitrogens is 1. The standard InChI is InChI=1S/C29H33N5O4/c1-16-9-19(3-6-30-16)26-23-12-21-14-31-34-25(21)13-24(23)29(33-27(26)18-4-7-37-8-5-18)38-22-10-20(11-22)28(36)32-17(2)15-35/h3,6,9,12-14,17-18,20,22,35H,4-5,7-8,10-11,15H2,1-2H3,(H,31,34)(H,32,36)/t17-,20?,22?/m0/s1. The molecule has 1 aromatic carbocycles. The molecule has 198 valence electrons. The number of aliphatic hydroxyl groups excluding tert-OH is 1. The number of nitrogens with zero attached hydrogens (tertiary/aromatic N) is 3. The number of carbonyl (C=O) groups is 1. The highest BCUT2D eigenvalue weighted by atomic mass is 16.5. The van der Waals surface area contributed by atoms with Crippen LogP contribution in [-0.2, 0) is 9.53 Å². The molecule has 1 aliphatic carbocycles. The molecule has 9 heteroatoms. The zero-order valence-electron chi connectivity index (χ0n) is 21.7. The van der Waals surface area contributed by atoms with E-state index in [1.54, 1.807) is 6.92 Å². The Hall–Kier alpha value is -3.56. The summed E-state index contributed by atoms with van der Waals surface area (Å²) in [5.74, 6) is 0.697. The number of fused-ring (bicyclic) bond motifs is 2. The number of rotatable bonds is 7. The Labute approximate surface area is 221 Å². The van der Waals surface area contributed by atoms with E-state index in [0.717, 1.165) is 57.0 Å².